The number of hydrogen-bond acceptors (Lipinski definition) is 8. The van der Waals surface area contributed by atoms with Crippen LogP contribution in [0, 0.1) is 0 Å². The Balaban J connectivity index is 1.05. The summed E-state index contributed by atoms with van der Waals surface area (Å²) in [7, 11) is 0. The van der Waals surface area contributed by atoms with Crippen molar-refractivity contribution in [3.63, 3.8) is 0 Å². The van der Waals surface area contributed by atoms with Gasteiger partial charge in [-0.15, -0.1) is 0 Å². The number of carbonyl (C=O) groups is 5. The van der Waals surface area contributed by atoms with Gasteiger partial charge in [-0.25, -0.2) is 0 Å². The first kappa shape index (κ1) is 28.7. The van der Waals surface area contributed by atoms with Crippen LogP contribution in [0.15, 0.2) is 102 Å². The van der Waals surface area contributed by atoms with Crippen molar-refractivity contribution >= 4 is 46.2 Å². The zero-order valence-corrected chi connectivity index (χ0v) is 24.4. The number of amides is 5. The SMILES string of the molecule is O=C1CCC(N2C(=O)c3cccc(NCc4ccc(C(=O)NC(c5cccnc5)c5cc6ccccc6o5)cc4)c3C2=O)C(=O)N1. The maximum atomic E-state index is 13.4. The summed E-state index contributed by atoms with van der Waals surface area (Å²) in [5, 5.41) is 9.42. The van der Waals surface area contributed by atoms with E-state index in [2.05, 4.69) is 20.9 Å². The molecule has 2 unspecified atom stereocenters. The number of furan rings is 1. The topological polar surface area (TPSA) is 151 Å². The minimum atomic E-state index is -1.04. The molecule has 3 aromatic carbocycles. The summed E-state index contributed by atoms with van der Waals surface area (Å²) in [5.41, 5.74) is 3.58. The molecular formula is C35H27N5O6. The van der Waals surface area contributed by atoms with Crippen LogP contribution < -0.4 is 16.0 Å². The van der Waals surface area contributed by atoms with E-state index in [9.17, 15) is 24.0 Å². The van der Waals surface area contributed by atoms with E-state index in [1.165, 1.54) is 0 Å². The Kier molecular flexibility index (Phi) is 7.33. The molecule has 2 aliphatic rings. The standard InChI is InChI=1S/C35H27N5O6/c41-29-15-14-26(33(43)38-29)40-34(44)24-7-3-8-25(30(24)35(40)45)37-18-20-10-12-21(13-11-20)32(42)39-31(23-6-4-16-36-19-23)28-17-22-5-1-2-9-27(22)46-28/h1-13,16-17,19,26,31,37H,14-15,18H2,(H,39,42)(H,38,41,43). The Labute approximate surface area is 262 Å². The molecule has 11 heteroatoms. The lowest BCUT2D eigenvalue weighted by Gasteiger charge is -2.27. The van der Waals surface area contributed by atoms with Crippen molar-refractivity contribution in [3.8, 4) is 0 Å². The predicted molar refractivity (Wildman–Crippen MR) is 167 cm³/mol. The lowest BCUT2D eigenvalue weighted by molar-refractivity contribution is -0.136. The van der Waals surface area contributed by atoms with E-state index in [0.29, 0.717) is 23.6 Å². The molecule has 0 radical (unpaired) electrons. The second-order valence-corrected chi connectivity index (χ2v) is 11.1. The van der Waals surface area contributed by atoms with Crippen LogP contribution in [0.2, 0.25) is 0 Å². The second kappa shape index (κ2) is 11.8. The highest BCUT2D eigenvalue weighted by molar-refractivity contribution is 6.25. The van der Waals surface area contributed by atoms with Crippen LogP contribution in [0.3, 0.4) is 0 Å². The number of pyridine rings is 1. The normalized spacial score (nSPS) is 16.7. The molecule has 1 fully saturated rings. The van der Waals surface area contributed by atoms with Crippen LogP contribution in [0.5, 0.6) is 0 Å². The van der Waals surface area contributed by atoms with Gasteiger partial charge >= 0.3 is 0 Å². The molecule has 0 bridgehead atoms. The summed E-state index contributed by atoms with van der Waals surface area (Å²) in [5.74, 6) is -1.95. The summed E-state index contributed by atoms with van der Waals surface area (Å²) in [4.78, 5) is 69.1. The number of hydrogen-bond donors (Lipinski definition) is 3. The molecule has 1 saturated heterocycles. The number of nitrogens with zero attached hydrogens (tertiary/aromatic N) is 2. The third kappa shape index (κ3) is 5.28. The first-order chi connectivity index (χ1) is 22.4. The summed E-state index contributed by atoms with van der Waals surface area (Å²) < 4.78 is 6.08. The Morgan fingerprint density at radius 2 is 1.78 bits per heavy atom. The van der Waals surface area contributed by atoms with Crippen LogP contribution in [0.1, 0.15) is 66.8 Å². The molecule has 0 spiro atoms. The zero-order chi connectivity index (χ0) is 31.8. The third-order valence-electron chi connectivity index (χ3n) is 8.19. The fraction of sp³-hybridized carbons (Fsp3) is 0.143. The molecule has 2 aromatic heterocycles. The number of imide groups is 2. The molecule has 2 atom stereocenters. The van der Waals surface area contributed by atoms with Crippen molar-refractivity contribution < 1.29 is 28.4 Å². The molecule has 0 aliphatic carbocycles. The largest absolute Gasteiger partial charge is 0.459 e. The first-order valence-electron chi connectivity index (χ1n) is 14.7. The average molecular weight is 614 g/mol. The van der Waals surface area contributed by atoms with E-state index < -0.39 is 35.7 Å². The molecule has 3 N–H and O–H groups in total. The summed E-state index contributed by atoms with van der Waals surface area (Å²) in [6.07, 6.45) is 3.49. The predicted octanol–water partition coefficient (Wildman–Crippen LogP) is 4.36. The molecule has 2 aliphatic heterocycles. The van der Waals surface area contributed by atoms with E-state index in [1.54, 1.807) is 60.9 Å². The molecule has 7 rings (SSSR count). The lowest BCUT2D eigenvalue weighted by atomic mass is 10.0. The van der Waals surface area contributed by atoms with E-state index in [4.69, 9.17) is 4.42 Å². The number of fused-ring (bicyclic) bond motifs is 2. The van der Waals surface area contributed by atoms with Crippen LogP contribution >= 0.6 is 0 Å². The molecule has 46 heavy (non-hydrogen) atoms. The van der Waals surface area contributed by atoms with E-state index >= 15 is 0 Å². The monoisotopic (exact) mass is 613 g/mol. The zero-order valence-electron chi connectivity index (χ0n) is 24.4. The van der Waals surface area contributed by atoms with Crippen LogP contribution in [-0.4, -0.2) is 45.5 Å². The van der Waals surface area contributed by atoms with Crippen molar-refractivity contribution in [1.82, 2.24) is 20.5 Å². The summed E-state index contributed by atoms with van der Waals surface area (Å²) in [6, 6.07) is 23.5. The maximum absolute atomic E-state index is 13.4. The van der Waals surface area contributed by atoms with Gasteiger partial charge in [0.05, 0.1) is 11.1 Å². The van der Waals surface area contributed by atoms with E-state index in [1.807, 2.05) is 36.4 Å². The van der Waals surface area contributed by atoms with Gasteiger partial charge < -0.3 is 15.1 Å². The Morgan fingerprint density at radius 3 is 2.54 bits per heavy atom. The minimum absolute atomic E-state index is 0.0486. The quantitative estimate of drug-likeness (QED) is 0.219. The smallest absolute Gasteiger partial charge is 0.264 e. The number of carbonyl (C=O) groups excluding carboxylic acids is 5. The van der Waals surface area contributed by atoms with Crippen molar-refractivity contribution in [2.75, 3.05) is 5.32 Å². The van der Waals surface area contributed by atoms with Crippen LogP contribution in [0.25, 0.3) is 11.0 Å². The molecule has 5 amide bonds. The minimum Gasteiger partial charge on any atom is -0.459 e. The number of rotatable bonds is 8. The number of aromatic nitrogens is 1. The molecule has 0 saturated carbocycles. The lowest BCUT2D eigenvalue weighted by Crippen LogP contribution is -2.54. The highest BCUT2D eigenvalue weighted by atomic mass is 16.3. The van der Waals surface area contributed by atoms with Gasteiger partial charge in [-0.3, -0.25) is 39.2 Å². The Hall–Kier alpha value is -6.10. The number of para-hydroxylation sites is 1. The average Bonchev–Trinajstić information content (AvgIpc) is 3.62. The summed E-state index contributed by atoms with van der Waals surface area (Å²) >= 11 is 0. The molecule has 11 nitrogen and oxygen atoms in total. The van der Waals surface area contributed by atoms with Gasteiger partial charge in [0.15, 0.2) is 0 Å². The molecule has 228 valence electrons. The second-order valence-electron chi connectivity index (χ2n) is 11.1. The number of piperidine rings is 1. The first-order valence-corrected chi connectivity index (χ1v) is 14.7. The van der Waals surface area contributed by atoms with Gasteiger partial charge in [0, 0.05) is 47.6 Å². The van der Waals surface area contributed by atoms with Gasteiger partial charge in [-0.1, -0.05) is 42.5 Å². The highest BCUT2D eigenvalue weighted by Gasteiger charge is 2.45. The van der Waals surface area contributed by atoms with E-state index in [0.717, 1.165) is 27.0 Å². The highest BCUT2D eigenvalue weighted by Crippen LogP contribution is 2.33. The van der Waals surface area contributed by atoms with Crippen molar-refractivity contribution in [2.24, 2.45) is 0 Å². The van der Waals surface area contributed by atoms with Gasteiger partial charge in [0.1, 0.15) is 23.4 Å². The Bertz CT molecular complexity index is 1990. The number of anilines is 1. The number of benzene rings is 3. The van der Waals surface area contributed by atoms with Gasteiger partial charge in [-0.05, 0) is 54.4 Å². The van der Waals surface area contributed by atoms with Gasteiger partial charge in [-0.2, -0.15) is 0 Å². The van der Waals surface area contributed by atoms with Gasteiger partial charge in [0.25, 0.3) is 17.7 Å². The van der Waals surface area contributed by atoms with Crippen molar-refractivity contribution in [1.29, 1.82) is 0 Å². The van der Waals surface area contributed by atoms with Crippen LogP contribution in [0.4, 0.5) is 5.69 Å². The molecule has 4 heterocycles. The fourth-order valence-electron chi connectivity index (χ4n) is 5.86. The Morgan fingerprint density at radius 1 is 0.957 bits per heavy atom. The summed E-state index contributed by atoms with van der Waals surface area (Å²) in [6.45, 7) is 0.301. The number of nitrogens with one attached hydrogen (secondary N) is 3. The van der Waals surface area contributed by atoms with Crippen molar-refractivity contribution in [2.45, 2.75) is 31.5 Å². The van der Waals surface area contributed by atoms with Crippen LogP contribution in [-0.2, 0) is 16.1 Å². The third-order valence-corrected chi connectivity index (χ3v) is 8.19. The van der Waals surface area contributed by atoms with E-state index in [-0.39, 0.29) is 29.9 Å². The maximum Gasteiger partial charge on any atom is 0.264 e. The molecular weight excluding hydrogens is 586 g/mol. The van der Waals surface area contributed by atoms with Crippen molar-refractivity contribution in [3.05, 3.63) is 131 Å². The fourth-order valence-corrected chi connectivity index (χ4v) is 5.86. The molecule has 5 aromatic rings. The van der Waals surface area contributed by atoms with Gasteiger partial charge in [0.2, 0.25) is 11.8 Å².